The number of ether oxygens (including phenoxy) is 1. The summed E-state index contributed by atoms with van der Waals surface area (Å²) in [6.45, 7) is 7.10. The van der Waals surface area contributed by atoms with E-state index in [1.165, 1.54) is 0 Å². The summed E-state index contributed by atoms with van der Waals surface area (Å²) in [6.07, 6.45) is 0.957. The number of halogens is 1. The van der Waals surface area contributed by atoms with Gasteiger partial charge in [-0.2, -0.15) is 0 Å². The molecular formula is C20H25ClN2O2. The summed E-state index contributed by atoms with van der Waals surface area (Å²) >= 11 is 6.10. The van der Waals surface area contributed by atoms with Crippen LogP contribution in [-0.2, 0) is 11.3 Å². The van der Waals surface area contributed by atoms with Crippen LogP contribution in [0.25, 0.3) is 0 Å². The van der Waals surface area contributed by atoms with Crippen molar-refractivity contribution in [2.45, 2.75) is 33.7 Å². The number of carbonyl (C=O) groups excluding carboxylic acids is 1. The standard InChI is InChI=1S/C20H25ClN2O2/c1-4-11-25-19-10-5-16(21)12-15(19)13-22-17-6-8-18(9-7-17)23-20(24)14(2)3/h5-10,12,14,22H,4,11,13H2,1-3H3,(H,23,24). The highest BCUT2D eigenvalue weighted by atomic mass is 35.5. The van der Waals surface area contributed by atoms with E-state index in [2.05, 4.69) is 17.6 Å². The van der Waals surface area contributed by atoms with Crippen LogP contribution in [0.5, 0.6) is 5.75 Å². The Bertz CT molecular complexity index is 699. The summed E-state index contributed by atoms with van der Waals surface area (Å²) in [5.74, 6) is 0.819. The van der Waals surface area contributed by atoms with Gasteiger partial charge in [0, 0.05) is 34.4 Å². The molecule has 2 aromatic rings. The molecule has 0 atom stereocenters. The van der Waals surface area contributed by atoms with Gasteiger partial charge in [0.05, 0.1) is 6.61 Å². The molecule has 0 unspecified atom stereocenters. The molecule has 4 nitrogen and oxygen atoms in total. The lowest BCUT2D eigenvalue weighted by Gasteiger charge is -2.13. The fourth-order valence-corrected chi connectivity index (χ4v) is 2.39. The highest BCUT2D eigenvalue weighted by Crippen LogP contribution is 2.24. The zero-order valence-electron chi connectivity index (χ0n) is 14.9. The van der Waals surface area contributed by atoms with Crippen LogP contribution in [0.2, 0.25) is 5.02 Å². The van der Waals surface area contributed by atoms with Crippen molar-refractivity contribution in [1.82, 2.24) is 0 Å². The van der Waals surface area contributed by atoms with Crippen molar-refractivity contribution in [3.63, 3.8) is 0 Å². The Hall–Kier alpha value is -2.20. The number of carbonyl (C=O) groups is 1. The van der Waals surface area contributed by atoms with Gasteiger partial charge in [-0.05, 0) is 48.9 Å². The van der Waals surface area contributed by atoms with E-state index in [9.17, 15) is 4.79 Å². The number of amides is 1. The molecule has 1 amide bonds. The Balaban J connectivity index is 1.99. The van der Waals surface area contributed by atoms with Gasteiger partial charge in [0.2, 0.25) is 5.91 Å². The maximum atomic E-state index is 11.7. The summed E-state index contributed by atoms with van der Waals surface area (Å²) < 4.78 is 5.77. The summed E-state index contributed by atoms with van der Waals surface area (Å²) in [7, 11) is 0. The van der Waals surface area contributed by atoms with Crippen LogP contribution in [0.1, 0.15) is 32.8 Å². The fourth-order valence-electron chi connectivity index (χ4n) is 2.19. The average Bonchev–Trinajstić information content (AvgIpc) is 2.60. The molecule has 5 heteroatoms. The van der Waals surface area contributed by atoms with E-state index >= 15 is 0 Å². The van der Waals surface area contributed by atoms with Crippen LogP contribution in [-0.4, -0.2) is 12.5 Å². The molecule has 0 radical (unpaired) electrons. The van der Waals surface area contributed by atoms with Crippen molar-refractivity contribution in [3.05, 3.63) is 53.1 Å². The molecule has 134 valence electrons. The zero-order valence-corrected chi connectivity index (χ0v) is 15.7. The minimum absolute atomic E-state index is 0.0114. The molecule has 0 fully saturated rings. The van der Waals surface area contributed by atoms with E-state index in [0.717, 1.165) is 29.1 Å². The third-order valence-electron chi connectivity index (χ3n) is 3.64. The molecule has 0 saturated carbocycles. The quantitative estimate of drug-likeness (QED) is 0.668. The number of hydrogen-bond acceptors (Lipinski definition) is 3. The van der Waals surface area contributed by atoms with Crippen molar-refractivity contribution in [3.8, 4) is 5.75 Å². The van der Waals surface area contributed by atoms with E-state index < -0.39 is 0 Å². The molecule has 0 bridgehead atoms. The predicted octanol–water partition coefficient (Wildman–Crippen LogP) is 5.34. The molecule has 0 aromatic heterocycles. The molecule has 2 aromatic carbocycles. The second-order valence-electron chi connectivity index (χ2n) is 6.18. The maximum absolute atomic E-state index is 11.7. The van der Waals surface area contributed by atoms with Gasteiger partial charge in [0.1, 0.15) is 5.75 Å². The Morgan fingerprint density at radius 1 is 1.12 bits per heavy atom. The van der Waals surface area contributed by atoms with E-state index in [-0.39, 0.29) is 11.8 Å². The van der Waals surface area contributed by atoms with Crippen molar-refractivity contribution in [1.29, 1.82) is 0 Å². The summed E-state index contributed by atoms with van der Waals surface area (Å²) in [5, 5.41) is 6.92. The second kappa shape index (κ2) is 9.33. The van der Waals surface area contributed by atoms with E-state index in [4.69, 9.17) is 16.3 Å². The van der Waals surface area contributed by atoms with E-state index in [1.807, 2.05) is 56.3 Å². The van der Waals surface area contributed by atoms with E-state index in [1.54, 1.807) is 0 Å². The molecule has 0 aliphatic carbocycles. The monoisotopic (exact) mass is 360 g/mol. The highest BCUT2D eigenvalue weighted by Gasteiger charge is 2.07. The van der Waals surface area contributed by atoms with Crippen molar-refractivity contribution in [2.75, 3.05) is 17.2 Å². The van der Waals surface area contributed by atoms with Gasteiger partial charge in [-0.1, -0.05) is 32.4 Å². The number of benzene rings is 2. The van der Waals surface area contributed by atoms with Gasteiger partial charge >= 0.3 is 0 Å². The van der Waals surface area contributed by atoms with Crippen LogP contribution >= 0.6 is 11.6 Å². The zero-order chi connectivity index (χ0) is 18.2. The largest absolute Gasteiger partial charge is 0.493 e. The number of hydrogen-bond donors (Lipinski definition) is 2. The van der Waals surface area contributed by atoms with Crippen LogP contribution in [0.4, 0.5) is 11.4 Å². The van der Waals surface area contributed by atoms with Gasteiger partial charge in [0.25, 0.3) is 0 Å². The Labute approximate surface area is 154 Å². The molecule has 0 aliphatic rings. The minimum atomic E-state index is -0.0397. The highest BCUT2D eigenvalue weighted by molar-refractivity contribution is 6.30. The first-order chi connectivity index (χ1) is 12.0. The molecule has 0 aliphatic heterocycles. The van der Waals surface area contributed by atoms with E-state index in [0.29, 0.717) is 18.2 Å². The lowest BCUT2D eigenvalue weighted by molar-refractivity contribution is -0.118. The molecule has 25 heavy (non-hydrogen) atoms. The smallest absolute Gasteiger partial charge is 0.226 e. The lowest BCUT2D eigenvalue weighted by atomic mass is 10.2. The molecule has 0 saturated heterocycles. The SMILES string of the molecule is CCCOc1ccc(Cl)cc1CNc1ccc(NC(=O)C(C)C)cc1. The Morgan fingerprint density at radius 3 is 2.44 bits per heavy atom. The molecule has 2 rings (SSSR count). The second-order valence-corrected chi connectivity index (χ2v) is 6.61. The maximum Gasteiger partial charge on any atom is 0.226 e. The first kappa shape index (κ1) is 19.1. The van der Waals surface area contributed by atoms with Crippen LogP contribution in [0.3, 0.4) is 0 Å². The predicted molar refractivity (Wildman–Crippen MR) is 104 cm³/mol. The topological polar surface area (TPSA) is 50.4 Å². The number of rotatable bonds is 8. The number of anilines is 2. The summed E-state index contributed by atoms with van der Waals surface area (Å²) in [5.41, 5.74) is 2.76. The first-order valence-corrected chi connectivity index (χ1v) is 8.93. The van der Waals surface area contributed by atoms with Crippen molar-refractivity contribution in [2.24, 2.45) is 5.92 Å². The molecular weight excluding hydrogens is 336 g/mol. The summed E-state index contributed by atoms with van der Waals surface area (Å²) in [4.78, 5) is 11.7. The van der Waals surface area contributed by atoms with Crippen molar-refractivity contribution < 1.29 is 9.53 Å². The van der Waals surface area contributed by atoms with Crippen LogP contribution in [0, 0.1) is 5.92 Å². The van der Waals surface area contributed by atoms with Crippen LogP contribution in [0.15, 0.2) is 42.5 Å². The number of nitrogens with one attached hydrogen (secondary N) is 2. The third-order valence-corrected chi connectivity index (χ3v) is 3.88. The minimum Gasteiger partial charge on any atom is -0.493 e. The van der Waals surface area contributed by atoms with Gasteiger partial charge in [-0.25, -0.2) is 0 Å². The average molecular weight is 361 g/mol. The van der Waals surface area contributed by atoms with Crippen LogP contribution < -0.4 is 15.4 Å². The fraction of sp³-hybridized carbons (Fsp3) is 0.350. The molecule has 0 spiro atoms. The molecule has 2 N–H and O–H groups in total. The van der Waals surface area contributed by atoms with Gasteiger partial charge in [-0.15, -0.1) is 0 Å². The van der Waals surface area contributed by atoms with Gasteiger partial charge in [0.15, 0.2) is 0 Å². The molecule has 0 heterocycles. The lowest BCUT2D eigenvalue weighted by Crippen LogP contribution is -2.17. The Morgan fingerprint density at radius 2 is 1.80 bits per heavy atom. The third kappa shape index (κ3) is 5.98. The van der Waals surface area contributed by atoms with Crippen molar-refractivity contribution >= 4 is 28.9 Å². The van der Waals surface area contributed by atoms with Gasteiger partial charge < -0.3 is 15.4 Å². The summed E-state index contributed by atoms with van der Waals surface area (Å²) in [6, 6.07) is 13.3. The Kier molecular flexibility index (Phi) is 7.14. The normalized spacial score (nSPS) is 10.6. The van der Waals surface area contributed by atoms with Gasteiger partial charge in [-0.3, -0.25) is 4.79 Å². The first-order valence-electron chi connectivity index (χ1n) is 8.55.